The van der Waals surface area contributed by atoms with Gasteiger partial charge in [-0.3, -0.25) is 19.3 Å². The van der Waals surface area contributed by atoms with Gasteiger partial charge < -0.3 is 20.7 Å². The van der Waals surface area contributed by atoms with Crippen molar-refractivity contribution >= 4 is 34.8 Å². The second-order valence-corrected chi connectivity index (χ2v) is 6.19. The van der Waals surface area contributed by atoms with E-state index in [9.17, 15) is 14.4 Å². The van der Waals surface area contributed by atoms with Crippen molar-refractivity contribution in [2.45, 2.75) is 0 Å². The van der Waals surface area contributed by atoms with Gasteiger partial charge in [-0.2, -0.15) is 0 Å². The van der Waals surface area contributed by atoms with Crippen LogP contribution in [0.2, 0.25) is 0 Å². The molecule has 3 N–H and O–H groups in total. The number of anilines is 3. The summed E-state index contributed by atoms with van der Waals surface area (Å²) in [6, 6.07) is 14.1. The number of benzene rings is 2. The highest BCUT2D eigenvalue weighted by Gasteiger charge is 2.26. The molecule has 0 aliphatic carbocycles. The van der Waals surface area contributed by atoms with E-state index >= 15 is 0 Å². The van der Waals surface area contributed by atoms with Crippen LogP contribution in [0.15, 0.2) is 48.5 Å². The molecule has 2 aromatic carbocycles. The average molecular weight is 382 g/mol. The van der Waals surface area contributed by atoms with E-state index in [-0.39, 0.29) is 30.8 Å². The molecule has 146 valence electrons. The Kier molecular flexibility index (Phi) is 6.23. The molecule has 28 heavy (non-hydrogen) atoms. The Morgan fingerprint density at radius 1 is 1.14 bits per heavy atom. The van der Waals surface area contributed by atoms with Gasteiger partial charge in [0, 0.05) is 19.3 Å². The zero-order chi connectivity index (χ0) is 19.9. The number of fused-ring (bicyclic) bond motifs is 1. The predicted molar refractivity (Wildman–Crippen MR) is 107 cm³/mol. The molecule has 0 saturated heterocycles. The van der Waals surface area contributed by atoms with Crippen molar-refractivity contribution in [1.29, 1.82) is 0 Å². The van der Waals surface area contributed by atoms with E-state index in [0.29, 0.717) is 35.8 Å². The van der Waals surface area contributed by atoms with Gasteiger partial charge >= 0.3 is 0 Å². The molecule has 0 aromatic heterocycles. The summed E-state index contributed by atoms with van der Waals surface area (Å²) in [5.41, 5.74) is 2.23. The molecular formula is C20H22N4O4. The van der Waals surface area contributed by atoms with E-state index in [1.165, 1.54) is 4.90 Å². The lowest BCUT2D eigenvalue weighted by molar-refractivity contribution is -0.120. The normalized spacial score (nSPS) is 12.8. The Labute approximate surface area is 162 Å². The molecule has 0 bridgehead atoms. The second-order valence-electron chi connectivity index (χ2n) is 6.19. The van der Waals surface area contributed by atoms with Crippen LogP contribution in [0.4, 0.5) is 17.1 Å². The van der Waals surface area contributed by atoms with Crippen LogP contribution in [0.5, 0.6) is 0 Å². The van der Waals surface area contributed by atoms with Crippen LogP contribution in [-0.2, 0) is 14.3 Å². The van der Waals surface area contributed by atoms with E-state index < -0.39 is 0 Å². The largest absolute Gasteiger partial charge is 0.383 e. The molecule has 3 rings (SSSR count). The van der Waals surface area contributed by atoms with Gasteiger partial charge in [-0.1, -0.05) is 24.3 Å². The lowest BCUT2D eigenvalue weighted by atomic mass is 10.1. The van der Waals surface area contributed by atoms with Crippen LogP contribution in [0, 0.1) is 0 Å². The number of hydrogen-bond donors (Lipinski definition) is 3. The molecule has 1 aliphatic rings. The quantitative estimate of drug-likeness (QED) is 0.630. The van der Waals surface area contributed by atoms with Gasteiger partial charge in [-0.05, 0) is 24.3 Å². The monoisotopic (exact) mass is 382 g/mol. The van der Waals surface area contributed by atoms with Gasteiger partial charge in [0.15, 0.2) is 0 Å². The molecule has 1 aliphatic heterocycles. The highest BCUT2D eigenvalue weighted by molar-refractivity contribution is 6.11. The number of rotatable bonds is 7. The lowest BCUT2D eigenvalue weighted by Gasteiger charge is -2.29. The Bertz CT molecular complexity index is 884. The molecular weight excluding hydrogens is 360 g/mol. The molecule has 0 spiro atoms. The fourth-order valence-corrected chi connectivity index (χ4v) is 2.92. The Morgan fingerprint density at radius 3 is 2.71 bits per heavy atom. The number of nitrogens with zero attached hydrogens (tertiary/aromatic N) is 1. The SMILES string of the molecule is COCCNC(=O)c1ccccc1NCC(=O)N1CC(=O)Nc2ccccc21. The molecule has 8 heteroatoms. The second kappa shape index (κ2) is 9.01. The number of ether oxygens (including phenoxy) is 1. The minimum Gasteiger partial charge on any atom is -0.383 e. The van der Waals surface area contributed by atoms with Crippen LogP contribution in [0.25, 0.3) is 0 Å². The highest BCUT2D eigenvalue weighted by atomic mass is 16.5. The Balaban J connectivity index is 1.69. The first-order chi connectivity index (χ1) is 13.6. The van der Waals surface area contributed by atoms with Crippen LogP contribution in [0.3, 0.4) is 0 Å². The van der Waals surface area contributed by atoms with Crippen LogP contribution in [0.1, 0.15) is 10.4 Å². The summed E-state index contributed by atoms with van der Waals surface area (Å²) in [6.07, 6.45) is 0. The number of methoxy groups -OCH3 is 1. The molecule has 0 saturated carbocycles. The zero-order valence-electron chi connectivity index (χ0n) is 15.5. The number of carbonyl (C=O) groups excluding carboxylic acids is 3. The first-order valence-electron chi connectivity index (χ1n) is 8.89. The van der Waals surface area contributed by atoms with Crippen molar-refractivity contribution in [3.05, 3.63) is 54.1 Å². The van der Waals surface area contributed by atoms with Gasteiger partial charge in [0.1, 0.15) is 6.54 Å². The smallest absolute Gasteiger partial charge is 0.253 e. The van der Waals surface area contributed by atoms with Crippen molar-refractivity contribution in [1.82, 2.24) is 5.32 Å². The minimum absolute atomic E-state index is 0.0450. The van der Waals surface area contributed by atoms with E-state index in [0.717, 1.165) is 0 Å². The van der Waals surface area contributed by atoms with Gasteiger partial charge in [0.05, 0.1) is 30.1 Å². The van der Waals surface area contributed by atoms with Crippen molar-refractivity contribution < 1.29 is 19.1 Å². The Hall–Kier alpha value is -3.39. The molecule has 1 heterocycles. The van der Waals surface area contributed by atoms with Crippen molar-refractivity contribution in [3.63, 3.8) is 0 Å². The molecule has 0 fully saturated rings. The molecule has 2 aromatic rings. The Morgan fingerprint density at radius 2 is 1.89 bits per heavy atom. The standard InChI is InChI=1S/C20H22N4O4/c1-28-11-10-21-20(27)14-6-2-3-7-15(14)22-12-19(26)24-13-18(25)23-16-8-4-5-9-17(16)24/h2-9,22H,10-13H2,1H3,(H,21,27)(H,23,25). The van der Waals surface area contributed by atoms with E-state index in [2.05, 4.69) is 16.0 Å². The number of hydrogen-bond acceptors (Lipinski definition) is 5. The maximum Gasteiger partial charge on any atom is 0.253 e. The molecule has 0 radical (unpaired) electrons. The number of amides is 3. The third-order valence-electron chi connectivity index (χ3n) is 4.27. The summed E-state index contributed by atoms with van der Waals surface area (Å²) in [7, 11) is 1.56. The number of nitrogens with one attached hydrogen (secondary N) is 3. The summed E-state index contributed by atoms with van der Waals surface area (Å²) >= 11 is 0. The topological polar surface area (TPSA) is 99.8 Å². The van der Waals surface area contributed by atoms with Crippen molar-refractivity contribution in [3.8, 4) is 0 Å². The van der Waals surface area contributed by atoms with Crippen molar-refractivity contribution in [2.75, 3.05) is 48.9 Å². The van der Waals surface area contributed by atoms with Crippen LogP contribution < -0.4 is 20.9 Å². The van der Waals surface area contributed by atoms with Crippen molar-refractivity contribution in [2.24, 2.45) is 0 Å². The van der Waals surface area contributed by atoms with Gasteiger partial charge in [0.25, 0.3) is 5.91 Å². The average Bonchev–Trinajstić information content (AvgIpc) is 2.71. The maximum atomic E-state index is 12.7. The molecule has 0 unspecified atom stereocenters. The molecule has 3 amide bonds. The summed E-state index contributed by atoms with van der Waals surface area (Å²) < 4.78 is 4.93. The highest BCUT2D eigenvalue weighted by Crippen LogP contribution is 2.28. The van der Waals surface area contributed by atoms with Crippen LogP contribution >= 0.6 is 0 Å². The summed E-state index contributed by atoms with van der Waals surface area (Å²) in [5, 5.41) is 8.52. The van der Waals surface area contributed by atoms with E-state index in [1.54, 1.807) is 49.6 Å². The molecule has 8 nitrogen and oxygen atoms in total. The van der Waals surface area contributed by atoms with E-state index in [1.807, 2.05) is 6.07 Å². The third kappa shape index (κ3) is 4.47. The van der Waals surface area contributed by atoms with Gasteiger partial charge in [-0.15, -0.1) is 0 Å². The lowest BCUT2D eigenvalue weighted by Crippen LogP contribution is -2.44. The van der Waals surface area contributed by atoms with Gasteiger partial charge in [-0.25, -0.2) is 0 Å². The fourth-order valence-electron chi connectivity index (χ4n) is 2.92. The van der Waals surface area contributed by atoms with E-state index in [4.69, 9.17) is 4.74 Å². The first kappa shape index (κ1) is 19.4. The third-order valence-corrected chi connectivity index (χ3v) is 4.27. The summed E-state index contributed by atoms with van der Waals surface area (Å²) in [4.78, 5) is 38.4. The minimum atomic E-state index is -0.267. The first-order valence-corrected chi connectivity index (χ1v) is 8.89. The van der Waals surface area contributed by atoms with Crippen LogP contribution in [-0.4, -0.2) is 51.1 Å². The van der Waals surface area contributed by atoms with Gasteiger partial charge in [0.2, 0.25) is 11.8 Å². The number of para-hydroxylation sites is 3. The maximum absolute atomic E-state index is 12.7. The zero-order valence-corrected chi connectivity index (χ0v) is 15.5. The predicted octanol–water partition coefficient (Wildman–Crippen LogP) is 1.46. The fraction of sp³-hybridized carbons (Fsp3) is 0.250. The summed E-state index contributed by atoms with van der Waals surface area (Å²) in [6.45, 7) is 0.708. The number of carbonyl (C=O) groups is 3. The summed E-state index contributed by atoms with van der Waals surface area (Å²) in [5.74, 6) is -0.767. The molecule has 0 atom stereocenters.